The molecule has 0 saturated heterocycles. The molecule has 84 valence electrons. The molecule has 0 unspecified atom stereocenters. The van der Waals surface area contributed by atoms with Crippen LogP contribution in [0.3, 0.4) is 0 Å². The smallest absolute Gasteiger partial charge is 0.209 e. The number of hydrogen-bond donors (Lipinski definition) is 0. The molecule has 0 fully saturated rings. The van der Waals surface area contributed by atoms with Crippen LogP contribution in [0.1, 0.15) is 24.6 Å². The summed E-state index contributed by atoms with van der Waals surface area (Å²) in [5.41, 5.74) is 3.55. The highest BCUT2D eigenvalue weighted by Crippen LogP contribution is 2.20. The maximum absolute atomic E-state index is 10.6. The van der Waals surface area contributed by atoms with Crippen LogP contribution in [0.2, 0.25) is 0 Å². The number of rotatable bonds is 3. The fourth-order valence-corrected chi connectivity index (χ4v) is 1.84. The molecule has 2 heterocycles. The van der Waals surface area contributed by atoms with E-state index in [0.717, 1.165) is 31.5 Å². The van der Waals surface area contributed by atoms with Crippen LogP contribution in [-0.2, 0) is 11.2 Å². The van der Waals surface area contributed by atoms with Gasteiger partial charge in [0, 0.05) is 19.3 Å². The van der Waals surface area contributed by atoms with Crippen molar-refractivity contribution in [2.75, 3.05) is 13.1 Å². The normalized spacial score (nSPS) is 15.8. The monoisotopic (exact) mass is 216 g/mol. The molecule has 1 aliphatic heterocycles. The third-order valence-corrected chi connectivity index (χ3v) is 2.95. The minimum atomic E-state index is 0.704. The largest absolute Gasteiger partial charge is 0.341 e. The van der Waals surface area contributed by atoms with E-state index in [1.807, 2.05) is 6.20 Å². The number of nitrogens with zero attached hydrogens (tertiary/aromatic N) is 2. The molecule has 0 atom stereocenters. The molecule has 1 aromatic heterocycles. The van der Waals surface area contributed by atoms with Crippen molar-refractivity contribution in [2.24, 2.45) is 0 Å². The van der Waals surface area contributed by atoms with Crippen LogP contribution in [0.15, 0.2) is 24.4 Å². The van der Waals surface area contributed by atoms with Gasteiger partial charge >= 0.3 is 0 Å². The molecule has 1 amide bonds. The predicted molar refractivity (Wildman–Crippen MR) is 63.8 cm³/mol. The molecular formula is C13H16N2O. The fraction of sp³-hybridized carbons (Fsp3) is 0.385. The van der Waals surface area contributed by atoms with Gasteiger partial charge in [-0.25, -0.2) is 0 Å². The molecule has 0 spiro atoms. The number of carbonyl (C=O) groups is 1. The SMILES string of the molecule is CCc1ccc(C2=CCN(C=O)CC2)nc1. The van der Waals surface area contributed by atoms with Gasteiger partial charge in [0.05, 0.1) is 5.69 Å². The van der Waals surface area contributed by atoms with Gasteiger partial charge in [-0.05, 0) is 30.0 Å². The van der Waals surface area contributed by atoms with Crippen LogP contribution in [0.4, 0.5) is 0 Å². The van der Waals surface area contributed by atoms with E-state index in [9.17, 15) is 4.79 Å². The zero-order valence-corrected chi connectivity index (χ0v) is 9.52. The lowest BCUT2D eigenvalue weighted by molar-refractivity contribution is -0.117. The Morgan fingerprint density at radius 2 is 2.38 bits per heavy atom. The maximum atomic E-state index is 10.6. The van der Waals surface area contributed by atoms with Gasteiger partial charge in [0.1, 0.15) is 0 Å². The summed E-state index contributed by atoms with van der Waals surface area (Å²) in [6.07, 6.45) is 6.84. The van der Waals surface area contributed by atoms with Crippen LogP contribution in [-0.4, -0.2) is 29.4 Å². The fourth-order valence-electron chi connectivity index (χ4n) is 1.84. The van der Waals surface area contributed by atoms with Gasteiger partial charge < -0.3 is 4.90 Å². The third kappa shape index (κ3) is 2.30. The summed E-state index contributed by atoms with van der Waals surface area (Å²) in [5, 5.41) is 0. The molecular weight excluding hydrogens is 200 g/mol. The van der Waals surface area contributed by atoms with Crippen molar-refractivity contribution in [3.8, 4) is 0 Å². The van der Waals surface area contributed by atoms with E-state index in [1.54, 1.807) is 4.90 Å². The first-order valence-electron chi connectivity index (χ1n) is 5.67. The van der Waals surface area contributed by atoms with Gasteiger partial charge in [0.2, 0.25) is 6.41 Å². The molecule has 0 bridgehead atoms. The molecule has 0 saturated carbocycles. The average molecular weight is 216 g/mol. The summed E-state index contributed by atoms with van der Waals surface area (Å²) in [6.45, 7) is 3.63. The van der Waals surface area contributed by atoms with Crippen LogP contribution < -0.4 is 0 Å². The molecule has 16 heavy (non-hydrogen) atoms. The maximum Gasteiger partial charge on any atom is 0.209 e. The van der Waals surface area contributed by atoms with E-state index in [0.29, 0.717) is 6.54 Å². The summed E-state index contributed by atoms with van der Waals surface area (Å²) in [7, 11) is 0. The van der Waals surface area contributed by atoms with Gasteiger partial charge in [0.15, 0.2) is 0 Å². The highest BCUT2D eigenvalue weighted by molar-refractivity contribution is 5.65. The summed E-state index contributed by atoms with van der Waals surface area (Å²) >= 11 is 0. The Morgan fingerprint density at radius 1 is 1.50 bits per heavy atom. The molecule has 2 rings (SSSR count). The quantitative estimate of drug-likeness (QED) is 0.723. The highest BCUT2D eigenvalue weighted by atomic mass is 16.1. The van der Waals surface area contributed by atoms with Crippen LogP contribution in [0.25, 0.3) is 5.57 Å². The number of aryl methyl sites for hydroxylation is 1. The second-order valence-corrected chi connectivity index (χ2v) is 3.98. The van der Waals surface area contributed by atoms with E-state index in [-0.39, 0.29) is 0 Å². The minimum absolute atomic E-state index is 0.704. The van der Waals surface area contributed by atoms with Gasteiger partial charge in [0.25, 0.3) is 0 Å². The lowest BCUT2D eigenvalue weighted by Crippen LogP contribution is -2.26. The number of pyridine rings is 1. The summed E-state index contributed by atoms with van der Waals surface area (Å²) in [4.78, 5) is 16.8. The van der Waals surface area contributed by atoms with Crippen molar-refractivity contribution < 1.29 is 4.79 Å². The van der Waals surface area contributed by atoms with Gasteiger partial charge in [-0.15, -0.1) is 0 Å². The predicted octanol–water partition coefficient (Wildman–Crippen LogP) is 1.89. The number of hydrogen-bond acceptors (Lipinski definition) is 2. The van der Waals surface area contributed by atoms with Crippen molar-refractivity contribution in [1.82, 2.24) is 9.88 Å². The summed E-state index contributed by atoms with van der Waals surface area (Å²) in [6, 6.07) is 4.19. The first-order valence-corrected chi connectivity index (χ1v) is 5.67. The van der Waals surface area contributed by atoms with Crippen molar-refractivity contribution >= 4 is 12.0 Å². The molecule has 0 aromatic carbocycles. The Bertz CT molecular complexity index is 395. The zero-order valence-electron chi connectivity index (χ0n) is 9.52. The summed E-state index contributed by atoms with van der Waals surface area (Å²) in [5.74, 6) is 0. The molecule has 1 aliphatic rings. The van der Waals surface area contributed by atoms with Crippen LogP contribution >= 0.6 is 0 Å². The topological polar surface area (TPSA) is 33.2 Å². The van der Waals surface area contributed by atoms with E-state index in [4.69, 9.17) is 0 Å². The van der Waals surface area contributed by atoms with Crippen LogP contribution in [0, 0.1) is 0 Å². The number of carbonyl (C=O) groups excluding carboxylic acids is 1. The zero-order chi connectivity index (χ0) is 11.4. The molecule has 0 aliphatic carbocycles. The molecule has 1 aromatic rings. The number of aromatic nitrogens is 1. The van der Waals surface area contributed by atoms with Crippen molar-refractivity contribution in [1.29, 1.82) is 0 Å². The first kappa shape index (κ1) is 10.9. The van der Waals surface area contributed by atoms with Crippen LogP contribution in [0.5, 0.6) is 0 Å². The Morgan fingerprint density at radius 3 is 2.88 bits per heavy atom. The van der Waals surface area contributed by atoms with Gasteiger partial charge in [-0.3, -0.25) is 9.78 Å². The van der Waals surface area contributed by atoms with Crippen molar-refractivity contribution in [3.05, 3.63) is 35.7 Å². The van der Waals surface area contributed by atoms with E-state index in [1.165, 1.54) is 11.1 Å². The Labute approximate surface area is 95.8 Å². The first-order chi connectivity index (χ1) is 7.83. The van der Waals surface area contributed by atoms with Gasteiger partial charge in [-0.2, -0.15) is 0 Å². The standard InChI is InChI=1S/C13H16N2O/c1-2-11-3-4-13(14-9-11)12-5-7-15(10-16)8-6-12/h3-5,9-10H,2,6-8H2,1H3. The molecule has 3 nitrogen and oxygen atoms in total. The lowest BCUT2D eigenvalue weighted by atomic mass is 10.0. The van der Waals surface area contributed by atoms with E-state index in [2.05, 4.69) is 30.1 Å². The molecule has 0 radical (unpaired) electrons. The van der Waals surface area contributed by atoms with E-state index < -0.39 is 0 Å². The van der Waals surface area contributed by atoms with E-state index >= 15 is 0 Å². The van der Waals surface area contributed by atoms with Crippen molar-refractivity contribution in [3.63, 3.8) is 0 Å². The molecule has 0 N–H and O–H groups in total. The second kappa shape index (κ2) is 4.92. The Balaban J connectivity index is 2.12. The Hall–Kier alpha value is -1.64. The van der Waals surface area contributed by atoms with Crippen molar-refractivity contribution in [2.45, 2.75) is 19.8 Å². The minimum Gasteiger partial charge on any atom is -0.341 e. The summed E-state index contributed by atoms with van der Waals surface area (Å²) < 4.78 is 0. The second-order valence-electron chi connectivity index (χ2n) is 3.98. The molecule has 3 heteroatoms. The average Bonchev–Trinajstić information content (AvgIpc) is 2.39. The van der Waals surface area contributed by atoms with Gasteiger partial charge in [-0.1, -0.05) is 19.1 Å². The number of amides is 1. The third-order valence-electron chi connectivity index (χ3n) is 2.95. The lowest BCUT2D eigenvalue weighted by Gasteiger charge is -2.22. The highest BCUT2D eigenvalue weighted by Gasteiger charge is 2.11. The Kier molecular flexibility index (Phi) is 3.34.